The van der Waals surface area contributed by atoms with Gasteiger partial charge in [0.2, 0.25) is 0 Å². The van der Waals surface area contributed by atoms with Crippen LogP contribution >= 0.6 is 0 Å². The van der Waals surface area contributed by atoms with Gasteiger partial charge in [0.1, 0.15) is 5.54 Å². The second-order valence-corrected chi connectivity index (χ2v) is 5.64. The average molecular weight is 249 g/mol. The molecule has 1 N–H and O–H groups in total. The predicted molar refractivity (Wildman–Crippen MR) is 75.7 cm³/mol. The number of carbonyl (C=O) groups is 1. The van der Waals surface area contributed by atoms with Crippen LogP contribution in [-0.2, 0) is 0 Å². The number of aryl methyl sites for hydroxylation is 1. The topological polar surface area (TPSA) is 29.1 Å². The van der Waals surface area contributed by atoms with Crippen molar-refractivity contribution in [3.8, 4) is 0 Å². The fourth-order valence-electron chi connectivity index (χ4n) is 3.18. The second kappa shape index (κ2) is 3.47. The molecule has 1 aliphatic carbocycles. The fraction of sp³-hybridized carbons (Fsp3) is 0.235. The number of Topliss-reactive ketones (excluding diaryl/α,β-unsaturated/α-hetero) is 1. The SMILES string of the molecule is Cc1ccc(C2CC23Nc2ccccc2C3=O)cc1. The summed E-state index contributed by atoms with van der Waals surface area (Å²) < 4.78 is 0. The molecule has 2 heteroatoms. The van der Waals surface area contributed by atoms with Crippen LogP contribution in [0.1, 0.15) is 33.8 Å². The highest BCUT2D eigenvalue weighted by molar-refractivity contribution is 6.16. The van der Waals surface area contributed by atoms with Crippen LogP contribution in [0.2, 0.25) is 0 Å². The first-order valence-electron chi connectivity index (χ1n) is 6.69. The van der Waals surface area contributed by atoms with Gasteiger partial charge >= 0.3 is 0 Å². The molecule has 1 fully saturated rings. The van der Waals surface area contributed by atoms with E-state index in [4.69, 9.17) is 0 Å². The van der Waals surface area contributed by atoms with Gasteiger partial charge in [-0.3, -0.25) is 4.79 Å². The van der Waals surface area contributed by atoms with Gasteiger partial charge in [0.05, 0.1) is 0 Å². The van der Waals surface area contributed by atoms with E-state index < -0.39 is 0 Å². The molecule has 2 aromatic carbocycles. The Labute approximate surface area is 112 Å². The Hall–Kier alpha value is -2.09. The van der Waals surface area contributed by atoms with Gasteiger partial charge in [0.15, 0.2) is 5.78 Å². The third kappa shape index (κ3) is 1.40. The number of rotatable bonds is 1. The van der Waals surface area contributed by atoms with E-state index in [1.807, 2.05) is 24.3 Å². The minimum atomic E-state index is -0.362. The maximum Gasteiger partial charge on any atom is 0.190 e. The van der Waals surface area contributed by atoms with Gasteiger partial charge in [-0.1, -0.05) is 42.0 Å². The highest BCUT2D eigenvalue weighted by Gasteiger charge is 2.63. The van der Waals surface area contributed by atoms with E-state index in [1.165, 1.54) is 11.1 Å². The molecular formula is C17H15NO. The summed E-state index contributed by atoms with van der Waals surface area (Å²) in [6.07, 6.45) is 0.906. The third-order valence-electron chi connectivity index (χ3n) is 4.38. The Bertz CT molecular complexity index is 674. The highest BCUT2D eigenvalue weighted by atomic mass is 16.1. The lowest BCUT2D eigenvalue weighted by molar-refractivity contribution is 0.0967. The summed E-state index contributed by atoms with van der Waals surface area (Å²) in [7, 11) is 0. The molecule has 1 saturated carbocycles. The van der Waals surface area contributed by atoms with Crippen LogP contribution in [0.15, 0.2) is 48.5 Å². The first kappa shape index (κ1) is 10.8. The summed E-state index contributed by atoms with van der Waals surface area (Å²) >= 11 is 0. The van der Waals surface area contributed by atoms with Crippen LogP contribution < -0.4 is 5.32 Å². The van der Waals surface area contributed by atoms with Crippen LogP contribution in [-0.4, -0.2) is 11.3 Å². The van der Waals surface area contributed by atoms with Crippen LogP contribution in [0.4, 0.5) is 5.69 Å². The summed E-state index contributed by atoms with van der Waals surface area (Å²) in [5, 5.41) is 3.45. The van der Waals surface area contributed by atoms with Crippen LogP contribution in [0.3, 0.4) is 0 Å². The standard InChI is InChI=1S/C17H15NO/c1-11-6-8-12(9-7-11)14-10-17(14)16(19)13-4-2-3-5-15(13)18-17/h2-9,14,18H,10H2,1H3. The lowest BCUT2D eigenvalue weighted by atomic mass is 10.0. The number of fused-ring (bicyclic) bond motifs is 1. The molecule has 1 spiro atoms. The van der Waals surface area contributed by atoms with E-state index in [0.717, 1.165) is 17.7 Å². The normalized spacial score (nSPS) is 27.2. The first-order chi connectivity index (χ1) is 9.21. The average Bonchev–Trinajstić information content (AvgIpc) is 3.07. The predicted octanol–water partition coefficient (Wildman–Crippen LogP) is 3.53. The summed E-state index contributed by atoms with van der Waals surface area (Å²) in [5.41, 5.74) is 3.99. The molecule has 0 saturated heterocycles. The van der Waals surface area contributed by atoms with E-state index >= 15 is 0 Å². The smallest absolute Gasteiger partial charge is 0.190 e. The number of nitrogens with one attached hydrogen (secondary N) is 1. The summed E-state index contributed by atoms with van der Waals surface area (Å²) in [4.78, 5) is 12.6. The number of hydrogen-bond donors (Lipinski definition) is 1. The summed E-state index contributed by atoms with van der Waals surface area (Å²) in [5.74, 6) is 0.571. The van der Waals surface area contributed by atoms with Crippen LogP contribution in [0, 0.1) is 6.92 Å². The number of para-hydroxylation sites is 1. The molecule has 94 valence electrons. The molecule has 0 bridgehead atoms. The van der Waals surface area contributed by atoms with Gasteiger partial charge in [0.25, 0.3) is 0 Å². The van der Waals surface area contributed by atoms with E-state index in [9.17, 15) is 4.79 Å². The van der Waals surface area contributed by atoms with Gasteiger partial charge in [-0.05, 0) is 31.0 Å². The second-order valence-electron chi connectivity index (χ2n) is 5.64. The van der Waals surface area contributed by atoms with Crippen molar-refractivity contribution < 1.29 is 4.79 Å². The fourth-order valence-corrected chi connectivity index (χ4v) is 3.18. The largest absolute Gasteiger partial charge is 0.371 e. The monoisotopic (exact) mass is 249 g/mol. The lowest BCUT2D eigenvalue weighted by Crippen LogP contribution is -2.26. The van der Waals surface area contributed by atoms with Gasteiger partial charge in [-0.2, -0.15) is 0 Å². The molecule has 2 aromatic rings. The van der Waals surface area contributed by atoms with E-state index in [2.05, 4.69) is 36.5 Å². The number of benzene rings is 2. The molecule has 2 atom stereocenters. The molecule has 0 radical (unpaired) electrons. The summed E-state index contributed by atoms with van der Waals surface area (Å²) in [6, 6.07) is 16.3. The zero-order chi connectivity index (χ0) is 13.0. The van der Waals surface area contributed by atoms with Crippen molar-refractivity contribution in [1.29, 1.82) is 0 Å². The molecule has 0 aromatic heterocycles. The van der Waals surface area contributed by atoms with Crippen molar-refractivity contribution in [2.45, 2.75) is 24.8 Å². The number of ketones is 1. The van der Waals surface area contributed by atoms with Crippen molar-refractivity contribution in [2.75, 3.05) is 5.32 Å². The van der Waals surface area contributed by atoms with E-state index in [-0.39, 0.29) is 11.3 Å². The Morgan fingerprint density at radius 2 is 1.84 bits per heavy atom. The molecule has 2 aliphatic rings. The minimum Gasteiger partial charge on any atom is -0.371 e. The zero-order valence-electron chi connectivity index (χ0n) is 10.8. The Kier molecular flexibility index (Phi) is 1.97. The van der Waals surface area contributed by atoms with Gasteiger partial charge in [-0.15, -0.1) is 0 Å². The van der Waals surface area contributed by atoms with E-state index in [0.29, 0.717) is 5.92 Å². The third-order valence-corrected chi connectivity index (χ3v) is 4.38. The Balaban J connectivity index is 1.70. The Morgan fingerprint density at radius 1 is 1.11 bits per heavy atom. The van der Waals surface area contributed by atoms with Crippen molar-refractivity contribution >= 4 is 11.5 Å². The molecule has 1 heterocycles. The van der Waals surface area contributed by atoms with Crippen LogP contribution in [0.25, 0.3) is 0 Å². The molecule has 0 amide bonds. The van der Waals surface area contributed by atoms with Gasteiger partial charge in [0, 0.05) is 17.2 Å². The van der Waals surface area contributed by atoms with Crippen molar-refractivity contribution in [2.24, 2.45) is 0 Å². The quantitative estimate of drug-likeness (QED) is 0.837. The summed E-state index contributed by atoms with van der Waals surface area (Å²) in [6.45, 7) is 2.08. The van der Waals surface area contributed by atoms with Gasteiger partial charge in [-0.25, -0.2) is 0 Å². The lowest BCUT2D eigenvalue weighted by Gasteiger charge is -2.10. The molecular weight excluding hydrogens is 234 g/mol. The van der Waals surface area contributed by atoms with Gasteiger partial charge < -0.3 is 5.32 Å². The molecule has 1 aliphatic heterocycles. The first-order valence-corrected chi connectivity index (χ1v) is 6.69. The highest BCUT2D eigenvalue weighted by Crippen LogP contribution is 2.58. The maximum atomic E-state index is 12.6. The molecule has 2 nitrogen and oxygen atoms in total. The maximum absolute atomic E-state index is 12.6. The Morgan fingerprint density at radius 3 is 2.58 bits per heavy atom. The van der Waals surface area contributed by atoms with E-state index in [1.54, 1.807) is 0 Å². The molecule has 4 rings (SSSR count). The number of carbonyl (C=O) groups excluding carboxylic acids is 1. The molecule has 19 heavy (non-hydrogen) atoms. The molecule has 2 unspecified atom stereocenters. The van der Waals surface area contributed by atoms with Crippen molar-refractivity contribution in [3.05, 3.63) is 65.2 Å². The number of anilines is 1. The number of hydrogen-bond acceptors (Lipinski definition) is 2. The minimum absolute atomic E-state index is 0.258. The van der Waals surface area contributed by atoms with Crippen molar-refractivity contribution in [1.82, 2.24) is 0 Å². The van der Waals surface area contributed by atoms with Crippen LogP contribution in [0.5, 0.6) is 0 Å². The zero-order valence-corrected chi connectivity index (χ0v) is 10.8. The van der Waals surface area contributed by atoms with Crippen molar-refractivity contribution in [3.63, 3.8) is 0 Å².